The van der Waals surface area contributed by atoms with Crippen LogP contribution in [-0.2, 0) is 0 Å². The van der Waals surface area contributed by atoms with Crippen LogP contribution in [0.1, 0.15) is 22.3 Å². The maximum atomic E-state index is 13.1. The fraction of sp³-hybridized carbons (Fsp3) is 0.167. The summed E-state index contributed by atoms with van der Waals surface area (Å²) in [6, 6.07) is 4.70. The van der Waals surface area contributed by atoms with Crippen LogP contribution in [0.2, 0.25) is 0 Å². The first-order chi connectivity index (χ1) is 7.99. The zero-order valence-electron chi connectivity index (χ0n) is 9.25. The van der Waals surface area contributed by atoms with Crippen molar-refractivity contribution in [2.45, 2.75) is 13.8 Å². The predicted molar refractivity (Wildman–Crippen MR) is 69.9 cm³/mol. The molecule has 2 rings (SSSR count). The van der Waals surface area contributed by atoms with Crippen molar-refractivity contribution < 1.29 is 9.18 Å². The van der Waals surface area contributed by atoms with Gasteiger partial charge in [0.25, 0.3) is 0 Å². The van der Waals surface area contributed by atoms with Crippen LogP contribution < -0.4 is 0 Å². The molecule has 0 spiro atoms. The zero-order chi connectivity index (χ0) is 12.6. The molecule has 0 radical (unpaired) electrons. The van der Waals surface area contributed by atoms with Gasteiger partial charge in [-0.15, -0.1) is 11.3 Å². The summed E-state index contributed by atoms with van der Waals surface area (Å²) in [6.45, 7) is 3.32. The summed E-state index contributed by atoms with van der Waals surface area (Å²) in [6.07, 6.45) is 0. The lowest BCUT2D eigenvalue weighted by atomic mass is 10.2. The zero-order valence-corrected chi connectivity index (χ0v) is 11.7. The number of carbonyl (C=O) groups excluding carboxylic acids is 1. The second-order valence-electron chi connectivity index (χ2n) is 3.62. The van der Waals surface area contributed by atoms with Crippen molar-refractivity contribution in [3.05, 3.63) is 39.1 Å². The maximum Gasteiger partial charge on any atom is 0.171 e. The number of carbonyl (C=O) groups is 1. The van der Waals surface area contributed by atoms with E-state index in [9.17, 15) is 9.18 Å². The molecule has 0 unspecified atom stereocenters. The quantitative estimate of drug-likeness (QED) is 0.777. The van der Waals surface area contributed by atoms with E-state index in [1.54, 1.807) is 19.1 Å². The number of ketones is 1. The summed E-state index contributed by atoms with van der Waals surface area (Å²) in [4.78, 5) is 16.3. The van der Waals surface area contributed by atoms with Gasteiger partial charge >= 0.3 is 0 Å². The van der Waals surface area contributed by atoms with Crippen molar-refractivity contribution in [3.8, 4) is 10.6 Å². The van der Waals surface area contributed by atoms with E-state index in [4.69, 9.17) is 0 Å². The number of nitrogens with zero attached hydrogens (tertiary/aromatic N) is 1. The van der Waals surface area contributed by atoms with Crippen molar-refractivity contribution in [2.75, 3.05) is 0 Å². The van der Waals surface area contributed by atoms with E-state index in [2.05, 4.69) is 20.9 Å². The molecule has 0 saturated carbocycles. The molecule has 0 saturated heterocycles. The molecule has 0 aliphatic carbocycles. The van der Waals surface area contributed by atoms with Gasteiger partial charge in [-0.3, -0.25) is 4.79 Å². The molecule has 0 N–H and O–H groups in total. The number of halogens is 2. The third-order valence-electron chi connectivity index (χ3n) is 2.28. The van der Waals surface area contributed by atoms with E-state index >= 15 is 0 Å². The topological polar surface area (TPSA) is 30.0 Å². The van der Waals surface area contributed by atoms with E-state index in [-0.39, 0.29) is 11.6 Å². The van der Waals surface area contributed by atoms with Crippen molar-refractivity contribution in [1.29, 1.82) is 0 Å². The number of benzene rings is 1. The van der Waals surface area contributed by atoms with Gasteiger partial charge in [-0.1, -0.05) is 0 Å². The van der Waals surface area contributed by atoms with Gasteiger partial charge in [0.2, 0.25) is 0 Å². The van der Waals surface area contributed by atoms with Gasteiger partial charge in [-0.2, -0.15) is 0 Å². The van der Waals surface area contributed by atoms with E-state index in [1.807, 2.05) is 0 Å². The first-order valence-corrected chi connectivity index (χ1v) is 6.54. The molecule has 0 atom stereocenters. The number of hydrogen-bond donors (Lipinski definition) is 0. The highest BCUT2D eigenvalue weighted by atomic mass is 79.9. The standard InChI is InChI=1S/C12H9BrFNOS/c1-6-11(7(2)16)17-12(15-6)8-3-4-10(14)9(13)5-8/h3-5H,1-2H3. The van der Waals surface area contributed by atoms with Crippen LogP contribution in [0.25, 0.3) is 10.6 Å². The molecule has 17 heavy (non-hydrogen) atoms. The number of thiazole rings is 1. The molecule has 1 heterocycles. The molecule has 1 aromatic heterocycles. The average Bonchev–Trinajstić information content (AvgIpc) is 2.64. The number of aromatic nitrogens is 1. The largest absolute Gasteiger partial charge is 0.294 e. The van der Waals surface area contributed by atoms with Gasteiger partial charge in [0.05, 0.1) is 15.0 Å². The van der Waals surface area contributed by atoms with Crippen LogP contribution in [0.15, 0.2) is 22.7 Å². The van der Waals surface area contributed by atoms with Gasteiger partial charge < -0.3 is 0 Å². The second-order valence-corrected chi connectivity index (χ2v) is 5.47. The number of hydrogen-bond acceptors (Lipinski definition) is 3. The average molecular weight is 314 g/mol. The third kappa shape index (κ3) is 2.45. The summed E-state index contributed by atoms with van der Waals surface area (Å²) < 4.78 is 13.5. The van der Waals surface area contributed by atoms with Crippen LogP contribution >= 0.6 is 27.3 Å². The molecule has 1 aromatic carbocycles. The normalized spacial score (nSPS) is 10.6. The van der Waals surface area contributed by atoms with Gasteiger partial charge in [-0.25, -0.2) is 9.37 Å². The van der Waals surface area contributed by atoms with Crippen molar-refractivity contribution in [3.63, 3.8) is 0 Å². The van der Waals surface area contributed by atoms with E-state index in [0.29, 0.717) is 9.35 Å². The molecule has 0 aliphatic rings. The van der Waals surface area contributed by atoms with Gasteiger partial charge in [-0.05, 0) is 41.1 Å². The Labute approximate surface area is 111 Å². The highest BCUT2D eigenvalue weighted by Gasteiger charge is 2.13. The first-order valence-electron chi connectivity index (χ1n) is 4.93. The second kappa shape index (κ2) is 4.66. The molecule has 5 heteroatoms. The van der Waals surface area contributed by atoms with Crippen LogP contribution in [0.5, 0.6) is 0 Å². The lowest BCUT2D eigenvalue weighted by molar-refractivity contribution is 0.102. The Morgan fingerprint density at radius 2 is 2.18 bits per heavy atom. The Morgan fingerprint density at radius 3 is 2.71 bits per heavy atom. The number of Topliss-reactive ketones (excluding diaryl/α,β-unsaturated/α-hetero) is 1. The van der Waals surface area contributed by atoms with Gasteiger partial charge in [0.1, 0.15) is 10.8 Å². The SMILES string of the molecule is CC(=O)c1sc(-c2ccc(F)c(Br)c2)nc1C. The van der Waals surface area contributed by atoms with E-state index in [1.165, 1.54) is 24.3 Å². The Bertz CT molecular complexity index is 594. The summed E-state index contributed by atoms with van der Waals surface area (Å²) in [7, 11) is 0. The lowest BCUT2D eigenvalue weighted by Gasteiger charge is -1.98. The molecular weight excluding hydrogens is 305 g/mol. The Balaban J connectivity index is 2.50. The maximum absolute atomic E-state index is 13.1. The summed E-state index contributed by atoms with van der Waals surface area (Å²) >= 11 is 4.46. The van der Waals surface area contributed by atoms with Crippen molar-refractivity contribution in [1.82, 2.24) is 4.98 Å². The molecule has 0 aliphatic heterocycles. The van der Waals surface area contributed by atoms with Gasteiger partial charge in [0.15, 0.2) is 5.78 Å². The third-order valence-corrected chi connectivity index (χ3v) is 4.20. The van der Waals surface area contributed by atoms with E-state index in [0.717, 1.165) is 16.3 Å². The predicted octanol–water partition coefficient (Wildman–Crippen LogP) is 4.22. The number of rotatable bonds is 2. The Hall–Kier alpha value is -1.07. The molecule has 2 aromatic rings. The molecule has 2 nitrogen and oxygen atoms in total. The lowest BCUT2D eigenvalue weighted by Crippen LogP contribution is -1.89. The first kappa shape index (κ1) is 12.4. The Kier molecular flexibility index (Phi) is 3.40. The van der Waals surface area contributed by atoms with Crippen LogP contribution in [0.3, 0.4) is 0 Å². The molecular formula is C12H9BrFNOS. The summed E-state index contributed by atoms with van der Waals surface area (Å²) in [5.74, 6) is -0.304. The minimum atomic E-state index is -0.311. The summed E-state index contributed by atoms with van der Waals surface area (Å²) in [5, 5.41) is 0.730. The van der Waals surface area contributed by atoms with Crippen molar-refractivity contribution in [2.24, 2.45) is 0 Å². The van der Waals surface area contributed by atoms with E-state index < -0.39 is 0 Å². The molecule has 88 valence electrons. The minimum absolute atomic E-state index is 0.00688. The summed E-state index contributed by atoms with van der Waals surface area (Å²) in [5.41, 5.74) is 1.52. The van der Waals surface area contributed by atoms with Gasteiger partial charge in [0, 0.05) is 12.5 Å². The van der Waals surface area contributed by atoms with Crippen LogP contribution in [0, 0.1) is 12.7 Å². The highest BCUT2D eigenvalue weighted by Crippen LogP contribution is 2.30. The van der Waals surface area contributed by atoms with Crippen LogP contribution in [0.4, 0.5) is 4.39 Å². The molecule has 0 amide bonds. The van der Waals surface area contributed by atoms with Crippen LogP contribution in [-0.4, -0.2) is 10.8 Å². The fourth-order valence-corrected chi connectivity index (χ4v) is 2.81. The smallest absolute Gasteiger partial charge is 0.171 e. The minimum Gasteiger partial charge on any atom is -0.294 e. The number of aryl methyl sites for hydroxylation is 1. The Morgan fingerprint density at radius 1 is 1.47 bits per heavy atom. The highest BCUT2D eigenvalue weighted by molar-refractivity contribution is 9.10. The fourth-order valence-electron chi connectivity index (χ4n) is 1.48. The molecule has 0 fully saturated rings. The monoisotopic (exact) mass is 313 g/mol. The molecule has 0 bridgehead atoms. The van der Waals surface area contributed by atoms with Crippen molar-refractivity contribution >= 4 is 33.0 Å².